The molecule has 1 fully saturated rings. The molecule has 0 saturated carbocycles. The normalized spacial score (nSPS) is 19.5. The summed E-state index contributed by atoms with van der Waals surface area (Å²) in [5.74, 6) is 0.0988. The number of hydrogen-bond donors (Lipinski definition) is 1. The molecular weight excluding hydrogens is 378 g/mol. The molecule has 0 bridgehead atoms. The van der Waals surface area contributed by atoms with Gasteiger partial charge in [-0.3, -0.25) is 4.68 Å². The fourth-order valence-electron chi connectivity index (χ4n) is 3.87. The Balaban J connectivity index is 1.69. The Labute approximate surface area is 166 Å². The van der Waals surface area contributed by atoms with E-state index in [9.17, 15) is 13.2 Å². The van der Waals surface area contributed by atoms with Crippen LogP contribution in [0.4, 0.5) is 0 Å². The van der Waals surface area contributed by atoms with Gasteiger partial charge in [0.1, 0.15) is 13.1 Å². The molecule has 2 aromatic rings. The van der Waals surface area contributed by atoms with E-state index < -0.39 is 9.84 Å². The third-order valence-corrected chi connectivity index (χ3v) is 7.14. The van der Waals surface area contributed by atoms with Gasteiger partial charge in [-0.25, -0.2) is 13.2 Å². The zero-order valence-corrected chi connectivity index (χ0v) is 17.7. The van der Waals surface area contributed by atoms with E-state index in [0.29, 0.717) is 12.0 Å². The highest BCUT2D eigenvalue weighted by molar-refractivity contribution is 7.91. The Hall–Kier alpha value is -2.19. The maximum absolute atomic E-state index is 11.8. The number of ether oxygens (including phenoxy) is 1. The lowest BCUT2D eigenvalue weighted by molar-refractivity contribution is -0.907. The Bertz CT molecular complexity index is 964. The number of esters is 1. The maximum atomic E-state index is 11.8. The molecule has 1 aliphatic heterocycles. The quantitative estimate of drug-likeness (QED) is 0.720. The second-order valence-corrected chi connectivity index (χ2v) is 9.88. The number of benzene rings is 1. The van der Waals surface area contributed by atoms with Crippen molar-refractivity contribution >= 4 is 15.8 Å². The molecule has 1 unspecified atom stereocenters. The third kappa shape index (κ3) is 4.44. The van der Waals surface area contributed by atoms with Crippen molar-refractivity contribution in [1.29, 1.82) is 0 Å². The molecule has 152 valence electrons. The summed E-state index contributed by atoms with van der Waals surface area (Å²) in [4.78, 5) is 12.8. The first-order valence-electron chi connectivity index (χ1n) is 9.43. The van der Waals surface area contributed by atoms with Gasteiger partial charge in [0.25, 0.3) is 0 Å². The van der Waals surface area contributed by atoms with Crippen LogP contribution in [0.2, 0.25) is 0 Å². The lowest BCUT2D eigenvalue weighted by Gasteiger charge is -2.15. The number of rotatable bonds is 6. The zero-order valence-electron chi connectivity index (χ0n) is 16.9. The fourth-order valence-corrected chi connectivity index (χ4v) is 5.56. The molecule has 1 aliphatic rings. The summed E-state index contributed by atoms with van der Waals surface area (Å²) in [6.07, 6.45) is 0.638. The molecule has 8 heteroatoms. The van der Waals surface area contributed by atoms with E-state index >= 15 is 0 Å². The van der Waals surface area contributed by atoms with Gasteiger partial charge in [0, 0.05) is 11.3 Å². The molecule has 28 heavy (non-hydrogen) atoms. The van der Waals surface area contributed by atoms with Gasteiger partial charge in [-0.05, 0) is 32.4 Å². The van der Waals surface area contributed by atoms with Crippen molar-refractivity contribution in [3.05, 3.63) is 52.3 Å². The van der Waals surface area contributed by atoms with Gasteiger partial charge in [-0.2, -0.15) is 5.10 Å². The van der Waals surface area contributed by atoms with E-state index in [4.69, 9.17) is 4.74 Å². The van der Waals surface area contributed by atoms with Gasteiger partial charge in [-0.1, -0.05) is 12.1 Å². The van der Waals surface area contributed by atoms with Crippen molar-refractivity contribution < 1.29 is 22.8 Å². The molecule has 1 saturated heterocycles. The SMILES string of the molecule is COC(=O)c1ccc(C[NH+](C)Cc2c(C)nn([C@@H]3CCS(=O)(=O)C3)c2C)cc1. The van der Waals surface area contributed by atoms with Gasteiger partial charge in [0.05, 0.1) is 48.5 Å². The highest BCUT2D eigenvalue weighted by atomic mass is 32.2. The van der Waals surface area contributed by atoms with E-state index in [0.717, 1.165) is 30.0 Å². The highest BCUT2D eigenvalue weighted by Gasteiger charge is 2.31. The van der Waals surface area contributed by atoms with Crippen molar-refractivity contribution in [2.75, 3.05) is 25.7 Å². The summed E-state index contributed by atoms with van der Waals surface area (Å²) < 4.78 is 30.3. The van der Waals surface area contributed by atoms with Crippen LogP contribution in [-0.2, 0) is 27.7 Å². The van der Waals surface area contributed by atoms with Crippen molar-refractivity contribution in [1.82, 2.24) is 9.78 Å². The molecule has 2 heterocycles. The molecule has 2 atom stereocenters. The molecule has 7 nitrogen and oxygen atoms in total. The molecule has 1 aromatic heterocycles. The van der Waals surface area contributed by atoms with Gasteiger partial charge in [0.2, 0.25) is 0 Å². The predicted molar refractivity (Wildman–Crippen MR) is 106 cm³/mol. The Morgan fingerprint density at radius 1 is 1.25 bits per heavy atom. The summed E-state index contributed by atoms with van der Waals surface area (Å²) in [6.45, 7) is 5.62. The van der Waals surface area contributed by atoms with Crippen LogP contribution >= 0.6 is 0 Å². The smallest absolute Gasteiger partial charge is 0.337 e. The second kappa shape index (κ2) is 8.05. The van der Waals surface area contributed by atoms with Crippen LogP contribution < -0.4 is 4.90 Å². The Morgan fingerprint density at radius 3 is 2.50 bits per heavy atom. The minimum atomic E-state index is -2.94. The average Bonchev–Trinajstić information content (AvgIpc) is 3.15. The van der Waals surface area contributed by atoms with Crippen LogP contribution in [0.15, 0.2) is 24.3 Å². The van der Waals surface area contributed by atoms with Crippen LogP contribution in [-0.4, -0.2) is 49.8 Å². The number of carbonyl (C=O) groups excluding carboxylic acids is 1. The molecule has 0 aliphatic carbocycles. The number of nitrogens with zero attached hydrogens (tertiary/aromatic N) is 2. The van der Waals surface area contributed by atoms with Gasteiger partial charge in [0.15, 0.2) is 9.84 Å². The number of aromatic nitrogens is 2. The van der Waals surface area contributed by atoms with E-state index in [1.165, 1.54) is 17.6 Å². The topological polar surface area (TPSA) is 82.7 Å². The van der Waals surface area contributed by atoms with E-state index in [1.54, 1.807) is 12.1 Å². The zero-order chi connectivity index (χ0) is 20.5. The predicted octanol–water partition coefficient (Wildman–Crippen LogP) is 0.861. The Kier molecular flexibility index (Phi) is 5.90. The molecule has 1 aromatic carbocycles. The van der Waals surface area contributed by atoms with Crippen LogP contribution in [0.3, 0.4) is 0 Å². The van der Waals surface area contributed by atoms with Crippen molar-refractivity contribution in [3.63, 3.8) is 0 Å². The lowest BCUT2D eigenvalue weighted by atomic mass is 10.1. The molecule has 1 N–H and O–H groups in total. The maximum Gasteiger partial charge on any atom is 0.337 e. The van der Waals surface area contributed by atoms with Crippen molar-refractivity contribution in [3.8, 4) is 0 Å². The molecule has 0 spiro atoms. The van der Waals surface area contributed by atoms with E-state index in [-0.39, 0.29) is 23.5 Å². The van der Waals surface area contributed by atoms with E-state index in [2.05, 4.69) is 12.1 Å². The summed E-state index contributed by atoms with van der Waals surface area (Å²) in [6, 6.07) is 7.40. The number of quaternary nitrogens is 1. The summed E-state index contributed by atoms with van der Waals surface area (Å²) in [7, 11) is 0.552. The highest BCUT2D eigenvalue weighted by Crippen LogP contribution is 2.26. The standard InChI is InChI=1S/C20H27N3O4S/c1-14-19(15(2)23(21-14)18-9-10-28(25,26)13-18)12-22(3)11-16-5-7-17(8-6-16)20(24)27-4/h5-8,18H,9-13H2,1-4H3/p+1/t18-/m1/s1. The monoisotopic (exact) mass is 406 g/mol. The largest absolute Gasteiger partial charge is 0.465 e. The number of methoxy groups -OCH3 is 1. The summed E-state index contributed by atoms with van der Waals surface area (Å²) >= 11 is 0. The first-order chi connectivity index (χ1) is 13.2. The van der Waals surface area contributed by atoms with Crippen molar-refractivity contribution in [2.45, 2.75) is 39.4 Å². The van der Waals surface area contributed by atoms with Crippen LogP contribution in [0, 0.1) is 13.8 Å². The minimum Gasteiger partial charge on any atom is -0.465 e. The number of carbonyl (C=O) groups is 1. The summed E-state index contributed by atoms with van der Waals surface area (Å²) in [5.41, 5.74) is 4.87. The average molecular weight is 407 g/mol. The van der Waals surface area contributed by atoms with Crippen LogP contribution in [0.1, 0.15) is 45.3 Å². The van der Waals surface area contributed by atoms with Crippen LogP contribution in [0.5, 0.6) is 0 Å². The molecular formula is C20H28N3O4S+. The van der Waals surface area contributed by atoms with Gasteiger partial charge >= 0.3 is 5.97 Å². The number of sulfone groups is 1. The van der Waals surface area contributed by atoms with Gasteiger partial charge < -0.3 is 9.64 Å². The van der Waals surface area contributed by atoms with Gasteiger partial charge in [-0.15, -0.1) is 0 Å². The fraction of sp³-hybridized carbons (Fsp3) is 0.500. The number of hydrogen-bond acceptors (Lipinski definition) is 5. The summed E-state index contributed by atoms with van der Waals surface area (Å²) in [5, 5.41) is 4.65. The first-order valence-corrected chi connectivity index (χ1v) is 11.3. The first kappa shape index (κ1) is 20.5. The van der Waals surface area contributed by atoms with Crippen molar-refractivity contribution in [2.24, 2.45) is 0 Å². The number of nitrogens with one attached hydrogen (secondary N) is 1. The second-order valence-electron chi connectivity index (χ2n) is 7.65. The minimum absolute atomic E-state index is 0.0522. The third-order valence-electron chi connectivity index (χ3n) is 5.39. The van der Waals surface area contributed by atoms with Crippen LogP contribution in [0.25, 0.3) is 0 Å². The Morgan fingerprint density at radius 2 is 1.93 bits per heavy atom. The molecule has 0 amide bonds. The molecule has 3 rings (SSSR count). The number of aryl methyl sites for hydroxylation is 1. The van der Waals surface area contributed by atoms with E-state index in [1.807, 2.05) is 30.7 Å². The molecule has 0 radical (unpaired) electrons. The lowest BCUT2D eigenvalue weighted by Crippen LogP contribution is -3.06.